The summed E-state index contributed by atoms with van der Waals surface area (Å²) < 4.78 is 0.614. The van der Waals surface area contributed by atoms with Crippen LogP contribution in [0.5, 0.6) is 0 Å². The van der Waals surface area contributed by atoms with Gasteiger partial charge in [-0.05, 0) is 24.3 Å². The van der Waals surface area contributed by atoms with Crippen LogP contribution in [0.25, 0.3) is 10.2 Å². The monoisotopic (exact) mass is 367 g/mol. The summed E-state index contributed by atoms with van der Waals surface area (Å²) in [6.07, 6.45) is 0. The minimum Gasteiger partial charge on any atom is -0.298 e. The molecule has 3 aromatic rings. The van der Waals surface area contributed by atoms with E-state index in [1.165, 1.54) is 24.3 Å². The number of aromatic nitrogens is 1. The van der Waals surface area contributed by atoms with E-state index < -0.39 is 10.8 Å². The molecule has 1 heterocycles. The van der Waals surface area contributed by atoms with Gasteiger partial charge in [-0.15, -0.1) is 0 Å². The van der Waals surface area contributed by atoms with E-state index in [2.05, 4.69) is 10.3 Å². The van der Waals surface area contributed by atoms with Gasteiger partial charge in [-0.25, -0.2) is 4.98 Å². The fourth-order valence-electron chi connectivity index (χ4n) is 1.89. The summed E-state index contributed by atoms with van der Waals surface area (Å²) >= 11 is 12.8. The zero-order chi connectivity index (χ0) is 16.6. The first-order chi connectivity index (χ1) is 10.9. The molecule has 116 valence electrons. The number of thiazole rings is 1. The van der Waals surface area contributed by atoms with Crippen molar-refractivity contribution in [2.24, 2.45) is 0 Å². The second-order valence-corrected chi connectivity index (χ2v) is 6.36. The van der Waals surface area contributed by atoms with Gasteiger partial charge in [0.2, 0.25) is 0 Å². The molecule has 23 heavy (non-hydrogen) atoms. The number of nitrogens with one attached hydrogen (secondary N) is 1. The Labute approximate surface area is 143 Å². The van der Waals surface area contributed by atoms with E-state index in [0.29, 0.717) is 25.9 Å². The Hall–Kier alpha value is -2.22. The average molecular weight is 368 g/mol. The third-order valence-corrected chi connectivity index (χ3v) is 4.66. The number of rotatable bonds is 3. The van der Waals surface area contributed by atoms with E-state index in [0.717, 1.165) is 11.3 Å². The van der Waals surface area contributed by atoms with E-state index in [4.69, 9.17) is 23.2 Å². The third kappa shape index (κ3) is 3.26. The topological polar surface area (TPSA) is 85.1 Å². The number of nitro groups is 1. The number of hydrogen-bond acceptors (Lipinski definition) is 5. The molecule has 0 radical (unpaired) electrons. The molecule has 1 N–H and O–H groups in total. The first kappa shape index (κ1) is 15.7. The lowest BCUT2D eigenvalue weighted by atomic mass is 10.2. The van der Waals surface area contributed by atoms with Crippen LogP contribution in [0.3, 0.4) is 0 Å². The maximum absolute atomic E-state index is 12.2. The van der Waals surface area contributed by atoms with Crippen LogP contribution in [0, 0.1) is 10.1 Å². The predicted molar refractivity (Wildman–Crippen MR) is 90.7 cm³/mol. The lowest BCUT2D eigenvalue weighted by Crippen LogP contribution is -2.11. The van der Waals surface area contributed by atoms with Gasteiger partial charge in [0, 0.05) is 17.7 Å². The first-order valence-corrected chi connectivity index (χ1v) is 7.82. The molecule has 3 rings (SSSR count). The summed E-state index contributed by atoms with van der Waals surface area (Å²) in [6.45, 7) is 0. The number of nitrogens with zero attached hydrogens (tertiary/aromatic N) is 2. The number of non-ortho nitro benzene ring substituents is 1. The summed E-state index contributed by atoms with van der Waals surface area (Å²) in [5, 5.41) is 14.4. The van der Waals surface area contributed by atoms with Gasteiger partial charge in [0.1, 0.15) is 0 Å². The van der Waals surface area contributed by atoms with Crippen LogP contribution in [0.4, 0.5) is 10.8 Å². The Morgan fingerprint density at radius 2 is 1.96 bits per heavy atom. The molecule has 2 aromatic carbocycles. The number of nitro benzene ring substituents is 1. The van der Waals surface area contributed by atoms with Crippen LogP contribution in [0.1, 0.15) is 10.4 Å². The van der Waals surface area contributed by atoms with Crippen LogP contribution >= 0.6 is 34.5 Å². The maximum Gasteiger partial charge on any atom is 0.270 e. The highest BCUT2D eigenvalue weighted by Gasteiger charge is 2.13. The first-order valence-electron chi connectivity index (χ1n) is 6.25. The van der Waals surface area contributed by atoms with Gasteiger partial charge in [-0.3, -0.25) is 20.2 Å². The Morgan fingerprint density at radius 3 is 2.65 bits per heavy atom. The molecule has 0 fully saturated rings. The zero-order valence-corrected chi connectivity index (χ0v) is 13.6. The van der Waals surface area contributed by atoms with Crippen LogP contribution in [0.15, 0.2) is 36.4 Å². The number of hydrogen-bond donors (Lipinski definition) is 1. The Bertz CT molecular complexity index is 942. The van der Waals surface area contributed by atoms with Gasteiger partial charge in [0.05, 0.1) is 25.2 Å². The van der Waals surface area contributed by atoms with Crippen molar-refractivity contribution in [1.82, 2.24) is 4.98 Å². The molecule has 0 saturated carbocycles. The number of carbonyl (C=O) groups is 1. The molecule has 0 atom stereocenters. The van der Waals surface area contributed by atoms with Crippen LogP contribution < -0.4 is 5.32 Å². The molecule has 1 amide bonds. The number of benzene rings is 2. The molecule has 0 aliphatic rings. The van der Waals surface area contributed by atoms with Gasteiger partial charge < -0.3 is 0 Å². The van der Waals surface area contributed by atoms with Gasteiger partial charge in [-0.1, -0.05) is 34.5 Å². The molecule has 0 unspecified atom stereocenters. The molecule has 0 bridgehead atoms. The SMILES string of the molecule is O=C(Nc1nc2ccc([N+](=O)[O-])cc2s1)c1ccc(Cl)c(Cl)c1. The minimum absolute atomic E-state index is 0.0245. The van der Waals surface area contributed by atoms with Crippen molar-refractivity contribution >= 4 is 61.5 Å². The Kier molecular flexibility index (Phi) is 4.16. The number of anilines is 1. The minimum atomic E-state index is -0.479. The van der Waals surface area contributed by atoms with Crippen molar-refractivity contribution in [2.75, 3.05) is 5.32 Å². The summed E-state index contributed by atoms with van der Waals surface area (Å²) in [6, 6.07) is 8.85. The van der Waals surface area contributed by atoms with Gasteiger partial charge in [0.25, 0.3) is 11.6 Å². The van der Waals surface area contributed by atoms with Gasteiger partial charge >= 0.3 is 0 Å². The number of fused-ring (bicyclic) bond motifs is 1. The van der Waals surface area contributed by atoms with E-state index in [1.807, 2.05) is 0 Å². The average Bonchev–Trinajstić information content (AvgIpc) is 2.90. The highest BCUT2D eigenvalue weighted by Crippen LogP contribution is 2.30. The van der Waals surface area contributed by atoms with E-state index in [1.54, 1.807) is 12.1 Å². The molecule has 0 spiro atoms. The molecule has 9 heteroatoms. The van der Waals surface area contributed by atoms with E-state index >= 15 is 0 Å². The van der Waals surface area contributed by atoms with Crippen LogP contribution in [-0.2, 0) is 0 Å². The fraction of sp³-hybridized carbons (Fsp3) is 0. The summed E-state index contributed by atoms with van der Waals surface area (Å²) in [4.78, 5) is 26.7. The van der Waals surface area contributed by atoms with Crippen molar-refractivity contribution in [2.45, 2.75) is 0 Å². The lowest BCUT2D eigenvalue weighted by Gasteiger charge is -2.02. The molecular weight excluding hydrogens is 361 g/mol. The predicted octanol–water partition coefficient (Wildman–Crippen LogP) is 4.76. The van der Waals surface area contributed by atoms with Crippen LogP contribution in [-0.4, -0.2) is 15.8 Å². The molecular formula is C14H7Cl2N3O3S. The largest absolute Gasteiger partial charge is 0.298 e. The van der Waals surface area contributed by atoms with Crippen molar-refractivity contribution in [3.05, 3.63) is 62.1 Å². The van der Waals surface area contributed by atoms with Crippen molar-refractivity contribution < 1.29 is 9.72 Å². The van der Waals surface area contributed by atoms with E-state index in [9.17, 15) is 14.9 Å². The van der Waals surface area contributed by atoms with E-state index in [-0.39, 0.29) is 10.7 Å². The second kappa shape index (κ2) is 6.11. The molecule has 0 aliphatic carbocycles. The second-order valence-electron chi connectivity index (χ2n) is 4.51. The van der Waals surface area contributed by atoms with Gasteiger partial charge in [-0.2, -0.15) is 0 Å². The van der Waals surface area contributed by atoms with Gasteiger partial charge in [0.15, 0.2) is 5.13 Å². The molecule has 0 saturated heterocycles. The number of amides is 1. The maximum atomic E-state index is 12.2. The number of carbonyl (C=O) groups excluding carboxylic acids is 1. The standard InChI is InChI=1S/C14H7Cl2N3O3S/c15-9-3-1-7(5-10(9)16)13(20)18-14-17-11-4-2-8(19(21)22)6-12(11)23-14/h1-6H,(H,17,18,20). The van der Waals surface area contributed by atoms with Crippen molar-refractivity contribution in [3.63, 3.8) is 0 Å². The van der Waals surface area contributed by atoms with Crippen molar-refractivity contribution in [1.29, 1.82) is 0 Å². The fourth-order valence-corrected chi connectivity index (χ4v) is 3.08. The molecule has 1 aromatic heterocycles. The highest BCUT2D eigenvalue weighted by molar-refractivity contribution is 7.22. The lowest BCUT2D eigenvalue weighted by molar-refractivity contribution is -0.384. The highest BCUT2D eigenvalue weighted by atomic mass is 35.5. The van der Waals surface area contributed by atoms with Crippen molar-refractivity contribution in [3.8, 4) is 0 Å². The third-order valence-electron chi connectivity index (χ3n) is 2.99. The smallest absolute Gasteiger partial charge is 0.270 e. The summed E-state index contributed by atoms with van der Waals surface area (Å²) in [5.74, 6) is -0.392. The molecule has 0 aliphatic heterocycles. The zero-order valence-electron chi connectivity index (χ0n) is 11.2. The normalized spacial score (nSPS) is 10.7. The Morgan fingerprint density at radius 1 is 1.17 bits per heavy atom. The summed E-state index contributed by atoms with van der Waals surface area (Å²) in [5.41, 5.74) is 0.887. The number of halogens is 2. The summed E-state index contributed by atoms with van der Waals surface area (Å²) in [7, 11) is 0. The Balaban J connectivity index is 1.87. The molecule has 6 nitrogen and oxygen atoms in total. The quantitative estimate of drug-likeness (QED) is 0.533. The van der Waals surface area contributed by atoms with Crippen LogP contribution in [0.2, 0.25) is 10.0 Å².